The van der Waals surface area contributed by atoms with Crippen LogP contribution in [-0.2, 0) is 11.3 Å². The molecule has 4 heteroatoms. The molecule has 3 aromatic carbocycles. The summed E-state index contributed by atoms with van der Waals surface area (Å²) in [6.07, 6.45) is 3.26. The molecule has 0 bridgehead atoms. The first-order valence-electron chi connectivity index (χ1n) is 9.64. The molecule has 1 fully saturated rings. The summed E-state index contributed by atoms with van der Waals surface area (Å²) in [6.45, 7) is 3.56. The summed E-state index contributed by atoms with van der Waals surface area (Å²) >= 11 is 0. The number of morpholine rings is 1. The Balaban J connectivity index is 1.47. The van der Waals surface area contributed by atoms with Gasteiger partial charge in [0.25, 0.3) is 0 Å². The van der Waals surface area contributed by atoms with E-state index in [1.807, 2.05) is 6.20 Å². The molecule has 1 aliphatic heterocycles. The first kappa shape index (κ1) is 16.5. The van der Waals surface area contributed by atoms with Gasteiger partial charge in [0.1, 0.15) is 0 Å². The number of nitrogens with one attached hydrogen (secondary N) is 1. The Bertz CT molecular complexity index is 1080. The Morgan fingerprint density at radius 2 is 1.96 bits per heavy atom. The molecule has 0 aliphatic carbocycles. The monoisotopic (exact) mass is 357 g/mol. The van der Waals surface area contributed by atoms with E-state index in [0.717, 1.165) is 32.7 Å². The highest BCUT2D eigenvalue weighted by Gasteiger charge is 2.15. The van der Waals surface area contributed by atoms with Gasteiger partial charge in [0.15, 0.2) is 0 Å². The minimum absolute atomic E-state index is 0.279. The van der Waals surface area contributed by atoms with Crippen LogP contribution in [0, 0.1) is 0 Å². The molecule has 1 unspecified atom stereocenters. The van der Waals surface area contributed by atoms with Crippen molar-refractivity contribution in [3.8, 4) is 11.1 Å². The van der Waals surface area contributed by atoms with Gasteiger partial charge in [-0.25, -0.2) is 0 Å². The zero-order chi connectivity index (χ0) is 18.1. The molecule has 1 atom stereocenters. The molecule has 1 saturated heterocycles. The largest absolute Gasteiger partial charge is 0.376 e. The summed E-state index contributed by atoms with van der Waals surface area (Å²) in [5, 5.41) is 11.8. The lowest BCUT2D eigenvalue weighted by Crippen LogP contribution is -2.39. The van der Waals surface area contributed by atoms with Crippen LogP contribution >= 0.6 is 0 Å². The van der Waals surface area contributed by atoms with Gasteiger partial charge in [0.2, 0.25) is 0 Å². The third kappa shape index (κ3) is 3.22. The summed E-state index contributed by atoms with van der Waals surface area (Å²) in [5.41, 5.74) is 3.66. The highest BCUT2D eigenvalue weighted by Crippen LogP contribution is 2.31. The van der Waals surface area contributed by atoms with E-state index in [1.54, 1.807) is 0 Å². The predicted molar refractivity (Wildman–Crippen MR) is 110 cm³/mol. The fraction of sp³-hybridized carbons (Fsp3) is 0.261. The molecular weight excluding hydrogens is 334 g/mol. The van der Waals surface area contributed by atoms with Crippen molar-refractivity contribution in [2.24, 2.45) is 0 Å². The quantitative estimate of drug-likeness (QED) is 0.594. The van der Waals surface area contributed by atoms with Crippen molar-refractivity contribution in [3.05, 3.63) is 66.9 Å². The lowest BCUT2D eigenvalue weighted by molar-refractivity contribution is 0.0207. The molecule has 136 valence electrons. The number of hydrogen-bond acceptors (Lipinski definition) is 3. The van der Waals surface area contributed by atoms with Crippen molar-refractivity contribution in [2.45, 2.75) is 19.1 Å². The van der Waals surface area contributed by atoms with Crippen molar-refractivity contribution in [3.63, 3.8) is 0 Å². The van der Waals surface area contributed by atoms with Gasteiger partial charge < -0.3 is 10.1 Å². The maximum Gasteiger partial charge on any atom is 0.0717 e. The second-order valence-corrected chi connectivity index (χ2v) is 7.15. The molecule has 0 saturated carbocycles. The molecule has 1 aliphatic rings. The first-order chi connectivity index (χ1) is 13.4. The fourth-order valence-electron chi connectivity index (χ4n) is 3.96. The van der Waals surface area contributed by atoms with E-state index in [0.29, 0.717) is 0 Å². The molecule has 2 heterocycles. The Morgan fingerprint density at radius 1 is 1.04 bits per heavy atom. The molecule has 27 heavy (non-hydrogen) atoms. The second-order valence-electron chi connectivity index (χ2n) is 7.15. The van der Waals surface area contributed by atoms with Crippen molar-refractivity contribution in [2.75, 3.05) is 19.7 Å². The smallest absolute Gasteiger partial charge is 0.0717 e. The standard InChI is InChI=1S/C23H23N3O/c1-2-5-18-14-19(9-8-17(18)4-1)21-6-3-7-23-22(21)16-25-26(23)12-10-20-15-24-11-13-27-20/h1-9,14,16,20,24H,10-13,15H2. The fourth-order valence-corrected chi connectivity index (χ4v) is 3.96. The number of fused-ring (bicyclic) bond motifs is 2. The zero-order valence-corrected chi connectivity index (χ0v) is 15.3. The van der Waals surface area contributed by atoms with Gasteiger partial charge in [0, 0.05) is 25.0 Å². The van der Waals surface area contributed by atoms with E-state index >= 15 is 0 Å². The lowest BCUT2D eigenvalue weighted by Gasteiger charge is -2.23. The minimum Gasteiger partial charge on any atom is -0.376 e. The summed E-state index contributed by atoms with van der Waals surface area (Å²) in [4.78, 5) is 0. The van der Waals surface area contributed by atoms with Crippen LogP contribution in [0.15, 0.2) is 66.9 Å². The molecule has 5 rings (SSSR count). The molecular formula is C23H23N3O. The molecule has 1 N–H and O–H groups in total. The van der Waals surface area contributed by atoms with Crippen LogP contribution in [0.1, 0.15) is 6.42 Å². The normalized spacial score (nSPS) is 17.6. The van der Waals surface area contributed by atoms with Crippen molar-refractivity contribution in [1.82, 2.24) is 15.1 Å². The molecule has 0 spiro atoms. The van der Waals surface area contributed by atoms with Gasteiger partial charge in [-0.15, -0.1) is 0 Å². The summed E-state index contributed by atoms with van der Waals surface area (Å²) in [6, 6.07) is 21.6. The number of hydrogen-bond donors (Lipinski definition) is 1. The predicted octanol–water partition coefficient (Wildman–Crippen LogP) is 4.24. The average molecular weight is 357 g/mol. The maximum atomic E-state index is 5.82. The number of rotatable bonds is 4. The van der Waals surface area contributed by atoms with E-state index in [2.05, 4.69) is 75.8 Å². The number of ether oxygens (including phenoxy) is 1. The summed E-state index contributed by atoms with van der Waals surface area (Å²) in [7, 11) is 0. The lowest BCUT2D eigenvalue weighted by atomic mass is 9.99. The highest BCUT2D eigenvalue weighted by atomic mass is 16.5. The number of aryl methyl sites for hydroxylation is 1. The van der Waals surface area contributed by atoms with Crippen LogP contribution in [-0.4, -0.2) is 35.6 Å². The maximum absolute atomic E-state index is 5.82. The Kier molecular flexibility index (Phi) is 4.36. The SMILES string of the molecule is c1ccc2cc(-c3cccc4c3cnn4CCC3CNCCO3)ccc2c1. The van der Waals surface area contributed by atoms with Gasteiger partial charge in [0.05, 0.1) is 24.4 Å². The highest BCUT2D eigenvalue weighted by molar-refractivity contribution is 5.97. The van der Waals surface area contributed by atoms with E-state index in [4.69, 9.17) is 4.74 Å². The van der Waals surface area contributed by atoms with Gasteiger partial charge in [-0.1, -0.05) is 48.5 Å². The van der Waals surface area contributed by atoms with Crippen molar-refractivity contribution in [1.29, 1.82) is 0 Å². The second kappa shape index (κ2) is 7.14. The third-order valence-electron chi connectivity index (χ3n) is 5.42. The van der Waals surface area contributed by atoms with Crippen molar-refractivity contribution >= 4 is 21.7 Å². The molecule has 0 radical (unpaired) electrons. The number of benzene rings is 3. The van der Waals surface area contributed by atoms with Crippen molar-refractivity contribution < 1.29 is 4.74 Å². The zero-order valence-electron chi connectivity index (χ0n) is 15.3. The average Bonchev–Trinajstić information content (AvgIpc) is 3.16. The topological polar surface area (TPSA) is 39.1 Å². The van der Waals surface area contributed by atoms with Gasteiger partial charge in [-0.3, -0.25) is 4.68 Å². The minimum atomic E-state index is 0.279. The van der Waals surface area contributed by atoms with Gasteiger partial charge >= 0.3 is 0 Å². The van der Waals surface area contributed by atoms with Gasteiger partial charge in [-0.2, -0.15) is 5.10 Å². The Hall–Kier alpha value is -2.69. The molecule has 4 nitrogen and oxygen atoms in total. The molecule has 4 aromatic rings. The molecule has 1 aromatic heterocycles. The van der Waals surface area contributed by atoms with Crippen LogP contribution in [0.3, 0.4) is 0 Å². The van der Waals surface area contributed by atoms with Crippen LogP contribution in [0.5, 0.6) is 0 Å². The molecule has 0 amide bonds. The summed E-state index contributed by atoms with van der Waals surface area (Å²) in [5.74, 6) is 0. The van der Waals surface area contributed by atoms with Gasteiger partial charge in [-0.05, 0) is 40.5 Å². The van der Waals surface area contributed by atoms with E-state index in [-0.39, 0.29) is 6.10 Å². The van der Waals surface area contributed by atoms with Crippen LogP contribution in [0.25, 0.3) is 32.8 Å². The summed E-state index contributed by atoms with van der Waals surface area (Å²) < 4.78 is 7.93. The van der Waals surface area contributed by atoms with E-state index in [1.165, 1.54) is 32.8 Å². The van der Waals surface area contributed by atoms with E-state index in [9.17, 15) is 0 Å². The Morgan fingerprint density at radius 3 is 2.85 bits per heavy atom. The van der Waals surface area contributed by atoms with Crippen LogP contribution < -0.4 is 5.32 Å². The van der Waals surface area contributed by atoms with Crippen LogP contribution in [0.4, 0.5) is 0 Å². The first-order valence-corrected chi connectivity index (χ1v) is 9.64. The number of nitrogens with zero attached hydrogens (tertiary/aromatic N) is 2. The van der Waals surface area contributed by atoms with Crippen LogP contribution in [0.2, 0.25) is 0 Å². The van der Waals surface area contributed by atoms with E-state index < -0.39 is 0 Å². The Labute approximate surface area is 158 Å². The number of aromatic nitrogens is 2. The third-order valence-corrected chi connectivity index (χ3v) is 5.42.